The number of carbonyl (C=O) groups excluding carboxylic acids is 1. The number of amidine groups is 1. The average molecular weight is 291 g/mol. The molecule has 1 aromatic rings. The molecule has 0 saturated carbocycles. The van der Waals surface area contributed by atoms with E-state index in [4.69, 9.17) is 4.42 Å². The van der Waals surface area contributed by atoms with Gasteiger partial charge in [-0.15, -0.1) is 0 Å². The predicted octanol–water partition coefficient (Wildman–Crippen LogP) is 1.81. The van der Waals surface area contributed by atoms with Crippen LogP contribution in [0.25, 0.3) is 6.08 Å². The van der Waals surface area contributed by atoms with Gasteiger partial charge in [-0.1, -0.05) is 0 Å². The van der Waals surface area contributed by atoms with Gasteiger partial charge < -0.3 is 14.2 Å². The predicted molar refractivity (Wildman–Crippen MR) is 80.5 cm³/mol. The van der Waals surface area contributed by atoms with Gasteiger partial charge in [0.05, 0.1) is 4.91 Å². The Morgan fingerprint density at radius 1 is 1.30 bits per heavy atom. The molecule has 3 rings (SSSR count). The van der Waals surface area contributed by atoms with E-state index >= 15 is 0 Å². The van der Waals surface area contributed by atoms with Crippen molar-refractivity contribution in [1.29, 1.82) is 0 Å². The summed E-state index contributed by atoms with van der Waals surface area (Å²) in [7, 11) is 2.11. The van der Waals surface area contributed by atoms with E-state index in [1.54, 1.807) is 6.08 Å². The normalized spacial score (nSPS) is 22.7. The lowest BCUT2D eigenvalue weighted by Gasteiger charge is -2.32. The number of piperazine rings is 1. The van der Waals surface area contributed by atoms with Crippen molar-refractivity contribution in [1.82, 2.24) is 9.80 Å². The second-order valence-electron chi connectivity index (χ2n) is 5.05. The number of carbonyl (C=O) groups is 1. The standard InChI is InChI=1S/C14H17N3O2S/c1-10-3-4-11(19-10)9-12-13(18)15-14(20-12)17-7-5-16(2)6-8-17/h3-4,9H,5-8H2,1-2H3/b12-9+. The van der Waals surface area contributed by atoms with Crippen LogP contribution in [0.2, 0.25) is 0 Å². The van der Waals surface area contributed by atoms with E-state index in [1.165, 1.54) is 11.8 Å². The summed E-state index contributed by atoms with van der Waals surface area (Å²) in [5.74, 6) is 1.37. The van der Waals surface area contributed by atoms with Gasteiger partial charge in [-0.25, -0.2) is 0 Å². The first kappa shape index (κ1) is 13.5. The van der Waals surface area contributed by atoms with Crippen LogP contribution in [0.3, 0.4) is 0 Å². The zero-order chi connectivity index (χ0) is 14.1. The summed E-state index contributed by atoms with van der Waals surface area (Å²) in [5.41, 5.74) is 0. The number of likely N-dealkylation sites (N-methyl/N-ethyl adjacent to an activating group) is 1. The summed E-state index contributed by atoms with van der Waals surface area (Å²) in [6.45, 7) is 5.73. The third kappa shape index (κ3) is 2.81. The molecule has 0 aliphatic carbocycles. The second kappa shape index (κ2) is 5.46. The van der Waals surface area contributed by atoms with Crippen LogP contribution >= 0.6 is 11.8 Å². The molecule has 20 heavy (non-hydrogen) atoms. The lowest BCUT2D eigenvalue weighted by molar-refractivity contribution is -0.113. The molecule has 0 unspecified atom stereocenters. The van der Waals surface area contributed by atoms with Crippen LogP contribution in [-0.4, -0.2) is 54.1 Å². The monoisotopic (exact) mass is 291 g/mol. The maximum Gasteiger partial charge on any atom is 0.286 e. The molecule has 106 valence electrons. The van der Waals surface area contributed by atoms with Crippen molar-refractivity contribution >= 4 is 28.9 Å². The quantitative estimate of drug-likeness (QED) is 0.739. The van der Waals surface area contributed by atoms with E-state index < -0.39 is 0 Å². The number of hydrogen-bond acceptors (Lipinski definition) is 5. The van der Waals surface area contributed by atoms with Crippen molar-refractivity contribution in [2.24, 2.45) is 4.99 Å². The summed E-state index contributed by atoms with van der Waals surface area (Å²) in [6.07, 6.45) is 1.77. The van der Waals surface area contributed by atoms with Gasteiger partial charge in [0.25, 0.3) is 5.91 Å². The van der Waals surface area contributed by atoms with Gasteiger partial charge in [0, 0.05) is 32.3 Å². The highest BCUT2D eigenvalue weighted by molar-refractivity contribution is 8.18. The summed E-state index contributed by atoms with van der Waals surface area (Å²) in [6, 6.07) is 3.75. The number of nitrogens with zero attached hydrogens (tertiary/aromatic N) is 3. The maximum atomic E-state index is 11.9. The molecule has 2 aliphatic heterocycles. The lowest BCUT2D eigenvalue weighted by atomic mass is 10.3. The molecule has 0 radical (unpaired) electrons. The highest BCUT2D eigenvalue weighted by Crippen LogP contribution is 2.30. The molecule has 0 atom stereocenters. The molecular weight excluding hydrogens is 274 g/mol. The number of furan rings is 1. The molecule has 0 bridgehead atoms. The van der Waals surface area contributed by atoms with Crippen molar-refractivity contribution in [2.45, 2.75) is 6.92 Å². The molecule has 1 fully saturated rings. The van der Waals surface area contributed by atoms with Crippen molar-refractivity contribution < 1.29 is 9.21 Å². The van der Waals surface area contributed by atoms with Crippen LogP contribution in [0.15, 0.2) is 26.4 Å². The van der Waals surface area contributed by atoms with Crippen molar-refractivity contribution in [2.75, 3.05) is 33.2 Å². The topological polar surface area (TPSA) is 49.0 Å². The second-order valence-corrected chi connectivity index (χ2v) is 6.06. The van der Waals surface area contributed by atoms with Gasteiger partial charge in [0.1, 0.15) is 11.5 Å². The fourth-order valence-corrected chi connectivity index (χ4v) is 3.14. The molecule has 0 spiro atoms. The molecule has 6 heteroatoms. The number of aliphatic imine (C=N–C) groups is 1. The van der Waals surface area contributed by atoms with Crippen LogP contribution in [0.4, 0.5) is 0 Å². The third-order valence-corrected chi connectivity index (χ3v) is 4.46. The fraction of sp³-hybridized carbons (Fsp3) is 0.429. The zero-order valence-electron chi connectivity index (χ0n) is 11.6. The first-order chi connectivity index (χ1) is 9.61. The molecule has 2 aliphatic rings. The number of thioether (sulfide) groups is 1. The van der Waals surface area contributed by atoms with Gasteiger partial charge in [-0.05, 0) is 37.9 Å². The molecular formula is C14H17N3O2S. The highest BCUT2D eigenvalue weighted by atomic mass is 32.2. The van der Waals surface area contributed by atoms with Gasteiger partial charge >= 0.3 is 0 Å². The molecule has 3 heterocycles. The van der Waals surface area contributed by atoms with Crippen LogP contribution in [0.1, 0.15) is 11.5 Å². The zero-order valence-corrected chi connectivity index (χ0v) is 12.4. The molecule has 1 saturated heterocycles. The molecule has 0 aromatic carbocycles. The minimum absolute atomic E-state index is 0.169. The minimum Gasteiger partial charge on any atom is -0.462 e. The van der Waals surface area contributed by atoms with Gasteiger partial charge in [0.15, 0.2) is 5.17 Å². The molecule has 0 N–H and O–H groups in total. The van der Waals surface area contributed by atoms with Crippen LogP contribution in [0.5, 0.6) is 0 Å². The van der Waals surface area contributed by atoms with E-state index in [0.717, 1.165) is 37.1 Å². The fourth-order valence-electron chi connectivity index (χ4n) is 2.19. The highest BCUT2D eigenvalue weighted by Gasteiger charge is 2.27. The maximum absolute atomic E-state index is 11.9. The minimum atomic E-state index is -0.169. The van der Waals surface area contributed by atoms with Crippen LogP contribution in [0, 0.1) is 6.92 Å². The number of hydrogen-bond donors (Lipinski definition) is 0. The Balaban J connectivity index is 1.71. The van der Waals surface area contributed by atoms with Gasteiger partial charge in [0.2, 0.25) is 0 Å². The third-order valence-electron chi connectivity index (χ3n) is 3.42. The van der Waals surface area contributed by atoms with E-state index in [-0.39, 0.29) is 5.91 Å². The first-order valence-electron chi connectivity index (χ1n) is 6.64. The van der Waals surface area contributed by atoms with E-state index in [9.17, 15) is 4.79 Å². The number of rotatable bonds is 1. The Morgan fingerprint density at radius 2 is 2.05 bits per heavy atom. The van der Waals surface area contributed by atoms with Gasteiger partial charge in [-0.2, -0.15) is 4.99 Å². The summed E-state index contributed by atoms with van der Waals surface area (Å²) < 4.78 is 5.48. The molecule has 1 aromatic heterocycles. The van der Waals surface area contributed by atoms with Crippen molar-refractivity contribution in [3.8, 4) is 0 Å². The number of aryl methyl sites for hydroxylation is 1. The van der Waals surface area contributed by atoms with Gasteiger partial charge in [-0.3, -0.25) is 4.79 Å². The Morgan fingerprint density at radius 3 is 2.70 bits per heavy atom. The smallest absolute Gasteiger partial charge is 0.286 e. The largest absolute Gasteiger partial charge is 0.462 e. The van der Waals surface area contributed by atoms with Crippen LogP contribution < -0.4 is 0 Å². The first-order valence-corrected chi connectivity index (χ1v) is 7.46. The van der Waals surface area contributed by atoms with E-state index in [1.807, 2.05) is 19.1 Å². The van der Waals surface area contributed by atoms with Crippen molar-refractivity contribution in [3.05, 3.63) is 28.6 Å². The lowest BCUT2D eigenvalue weighted by Crippen LogP contribution is -2.46. The van der Waals surface area contributed by atoms with E-state index in [2.05, 4.69) is 21.8 Å². The summed E-state index contributed by atoms with van der Waals surface area (Å²) in [5, 5.41) is 0.817. The Kier molecular flexibility index (Phi) is 3.67. The average Bonchev–Trinajstić information content (AvgIpc) is 2.98. The van der Waals surface area contributed by atoms with E-state index in [0.29, 0.717) is 10.7 Å². The SMILES string of the molecule is Cc1ccc(/C=C2/SC(N3CCN(C)CC3)=NC2=O)o1. The summed E-state index contributed by atoms with van der Waals surface area (Å²) in [4.78, 5) is 21.2. The van der Waals surface area contributed by atoms with Crippen molar-refractivity contribution in [3.63, 3.8) is 0 Å². The molecule has 1 amide bonds. The number of amides is 1. The molecule has 5 nitrogen and oxygen atoms in total. The summed E-state index contributed by atoms with van der Waals surface area (Å²) >= 11 is 1.44. The Bertz CT molecular complexity index is 583. The Hall–Kier alpha value is -1.53. The van der Waals surface area contributed by atoms with Crippen LogP contribution in [-0.2, 0) is 4.79 Å². The Labute approximate surface area is 122 Å².